The van der Waals surface area contributed by atoms with Crippen LogP contribution in [0.4, 0.5) is 0 Å². The van der Waals surface area contributed by atoms with Gasteiger partial charge in [-0.1, -0.05) is 29.5 Å². The number of nitrogens with one attached hydrogen (secondary N) is 1. The number of hydrogen-bond acceptors (Lipinski definition) is 6. The summed E-state index contributed by atoms with van der Waals surface area (Å²) in [6.45, 7) is 1.78. The highest BCUT2D eigenvalue weighted by atomic mass is 16.5. The van der Waals surface area contributed by atoms with Crippen molar-refractivity contribution in [1.29, 1.82) is 0 Å². The monoisotopic (exact) mass is 376 g/mol. The molecule has 1 aromatic carbocycles. The quantitative estimate of drug-likeness (QED) is 0.511. The van der Waals surface area contributed by atoms with Gasteiger partial charge in [0.25, 0.3) is 0 Å². The standard InChI is InChI=1S/C20H20N6O2/c27-20(23-28)9-8-17-12-25(24-22-17)14-18-11-15-5-1-2-7-19(15)26(18)13-16-6-3-4-10-21-16/h1-8,10-11,28H,9,12-14H2,(H,23,27)/b17-8-. The van der Waals surface area contributed by atoms with E-state index in [1.54, 1.807) is 17.8 Å². The topological polar surface area (TPSA) is 95.1 Å². The van der Waals surface area contributed by atoms with Crippen molar-refractivity contribution in [2.24, 2.45) is 10.3 Å². The van der Waals surface area contributed by atoms with Crippen LogP contribution in [0.15, 0.2) is 76.8 Å². The van der Waals surface area contributed by atoms with E-state index in [4.69, 9.17) is 5.21 Å². The second-order valence-corrected chi connectivity index (χ2v) is 6.55. The third-order valence-corrected chi connectivity index (χ3v) is 4.58. The van der Waals surface area contributed by atoms with Gasteiger partial charge < -0.3 is 4.57 Å². The molecule has 2 aromatic heterocycles. The van der Waals surface area contributed by atoms with Crippen molar-refractivity contribution >= 4 is 16.8 Å². The Morgan fingerprint density at radius 2 is 2.04 bits per heavy atom. The molecule has 0 spiro atoms. The summed E-state index contributed by atoms with van der Waals surface area (Å²) in [5.41, 5.74) is 5.56. The van der Waals surface area contributed by atoms with Gasteiger partial charge in [0.1, 0.15) is 0 Å². The number of carbonyl (C=O) groups is 1. The minimum absolute atomic E-state index is 0.0681. The molecule has 0 radical (unpaired) electrons. The zero-order valence-electron chi connectivity index (χ0n) is 15.2. The molecule has 1 aliphatic rings. The van der Waals surface area contributed by atoms with Crippen LogP contribution >= 0.6 is 0 Å². The van der Waals surface area contributed by atoms with Gasteiger partial charge >= 0.3 is 0 Å². The minimum Gasteiger partial charge on any atom is -0.337 e. The molecule has 0 fully saturated rings. The number of fused-ring (bicyclic) bond motifs is 1. The fourth-order valence-electron chi connectivity index (χ4n) is 3.25. The van der Waals surface area contributed by atoms with Gasteiger partial charge in [-0.2, -0.15) is 0 Å². The highest BCUT2D eigenvalue weighted by molar-refractivity contribution is 5.81. The highest BCUT2D eigenvalue weighted by Gasteiger charge is 2.17. The Balaban J connectivity index is 1.55. The zero-order valence-corrected chi connectivity index (χ0v) is 15.2. The van der Waals surface area contributed by atoms with E-state index in [9.17, 15) is 4.79 Å². The SMILES string of the molecule is O=C(C/C=C1/CN(Cc2cc3ccccc3n2Cc2ccccn2)N=N1)NO. The van der Waals surface area contributed by atoms with Crippen LogP contribution in [-0.2, 0) is 17.9 Å². The lowest BCUT2D eigenvalue weighted by Gasteiger charge is -2.15. The number of rotatable bonds is 6. The highest BCUT2D eigenvalue weighted by Crippen LogP contribution is 2.24. The summed E-state index contributed by atoms with van der Waals surface area (Å²) in [4.78, 5) is 15.6. The average Bonchev–Trinajstić information content (AvgIpc) is 3.32. The Morgan fingerprint density at radius 3 is 2.86 bits per heavy atom. The maximum atomic E-state index is 11.2. The van der Waals surface area contributed by atoms with Crippen molar-refractivity contribution in [3.05, 3.63) is 77.9 Å². The second-order valence-electron chi connectivity index (χ2n) is 6.55. The smallest absolute Gasteiger partial charge is 0.247 e. The lowest BCUT2D eigenvalue weighted by atomic mass is 10.2. The van der Waals surface area contributed by atoms with Crippen LogP contribution in [0.1, 0.15) is 17.8 Å². The first-order valence-corrected chi connectivity index (χ1v) is 8.98. The molecule has 0 bridgehead atoms. The molecule has 0 aliphatic carbocycles. The average molecular weight is 376 g/mol. The van der Waals surface area contributed by atoms with Crippen LogP contribution in [-0.4, -0.2) is 32.2 Å². The number of carbonyl (C=O) groups excluding carboxylic acids is 1. The molecule has 4 rings (SSSR count). The van der Waals surface area contributed by atoms with E-state index >= 15 is 0 Å². The summed E-state index contributed by atoms with van der Waals surface area (Å²) >= 11 is 0. The van der Waals surface area contributed by atoms with Gasteiger partial charge in [0.05, 0.1) is 31.0 Å². The predicted molar refractivity (Wildman–Crippen MR) is 103 cm³/mol. The van der Waals surface area contributed by atoms with Crippen LogP contribution in [0.3, 0.4) is 0 Å². The molecular weight excluding hydrogens is 356 g/mol. The molecule has 3 aromatic rings. The number of hydrogen-bond donors (Lipinski definition) is 2. The van der Waals surface area contributed by atoms with Crippen molar-refractivity contribution in [1.82, 2.24) is 20.0 Å². The number of pyridine rings is 1. The van der Waals surface area contributed by atoms with Crippen molar-refractivity contribution in [2.45, 2.75) is 19.5 Å². The van der Waals surface area contributed by atoms with Crippen LogP contribution in [0.5, 0.6) is 0 Å². The van der Waals surface area contributed by atoms with Gasteiger partial charge in [0.15, 0.2) is 0 Å². The van der Waals surface area contributed by atoms with E-state index in [1.165, 1.54) is 5.39 Å². The maximum Gasteiger partial charge on any atom is 0.247 e. The maximum absolute atomic E-state index is 11.2. The van der Waals surface area contributed by atoms with Crippen LogP contribution in [0, 0.1) is 0 Å². The van der Waals surface area contributed by atoms with E-state index in [2.05, 4.69) is 38.1 Å². The molecule has 1 aliphatic heterocycles. The summed E-state index contributed by atoms with van der Waals surface area (Å²) in [5, 5.41) is 19.9. The van der Waals surface area contributed by atoms with Crippen molar-refractivity contribution in [2.75, 3.05) is 6.54 Å². The van der Waals surface area contributed by atoms with E-state index in [0.717, 1.165) is 16.9 Å². The summed E-state index contributed by atoms with van der Waals surface area (Å²) in [6, 6.07) is 16.3. The molecule has 0 atom stereocenters. The van der Waals surface area contributed by atoms with Gasteiger partial charge in [-0.25, -0.2) is 5.48 Å². The number of amides is 1. The number of para-hydroxylation sites is 1. The molecule has 3 heterocycles. The summed E-state index contributed by atoms with van der Waals surface area (Å²) < 4.78 is 2.24. The van der Waals surface area contributed by atoms with Gasteiger partial charge in [-0.05, 0) is 35.7 Å². The molecule has 8 nitrogen and oxygen atoms in total. The Bertz CT molecular complexity index is 1040. The largest absolute Gasteiger partial charge is 0.337 e. The molecule has 0 unspecified atom stereocenters. The van der Waals surface area contributed by atoms with Crippen LogP contribution in [0.25, 0.3) is 10.9 Å². The molecular formula is C20H20N6O2. The van der Waals surface area contributed by atoms with Crippen molar-refractivity contribution in [3.8, 4) is 0 Å². The third-order valence-electron chi connectivity index (χ3n) is 4.58. The van der Waals surface area contributed by atoms with Gasteiger partial charge in [-0.15, -0.1) is 5.11 Å². The first-order chi connectivity index (χ1) is 13.7. The van der Waals surface area contributed by atoms with Crippen molar-refractivity contribution < 1.29 is 10.0 Å². The molecule has 28 heavy (non-hydrogen) atoms. The van der Waals surface area contributed by atoms with E-state index in [-0.39, 0.29) is 6.42 Å². The number of nitrogens with zero attached hydrogens (tertiary/aromatic N) is 5. The molecule has 0 saturated heterocycles. The molecule has 142 valence electrons. The predicted octanol–water partition coefficient (Wildman–Crippen LogP) is 3.05. The Hall–Kier alpha value is -3.52. The summed E-state index contributed by atoms with van der Waals surface area (Å²) in [5.74, 6) is -0.475. The molecule has 0 saturated carbocycles. The first kappa shape index (κ1) is 17.9. The van der Waals surface area contributed by atoms with Gasteiger partial charge in [0, 0.05) is 23.8 Å². The Labute approximate surface area is 161 Å². The Kier molecular flexibility index (Phi) is 5.11. The fourth-order valence-corrected chi connectivity index (χ4v) is 3.25. The molecule has 8 heteroatoms. The zero-order chi connectivity index (χ0) is 19.3. The normalized spacial score (nSPS) is 14.9. The lowest BCUT2D eigenvalue weighted by molar-refractivity contribution is -0.128. The van der Waals surface area contributed by atoms with Crippen LogP contribution < -0.4 is 5.48 Å². The van der Waals surface area contributed by atoms with E-state index in [1.807, 2.05) is 35.3 Å². The minimum atomic E-state index is -0.475. The first-order valence-electron chi connectivity index (χ1n) is 8.98. The van der Waals surface area contributed by atoms with E-state index < -0.39 is 5.91 Å². The lowest BCUT2D eigenvalue weighted by Crippen LogP contribution is -2.19. The second kappa shape index (κ2) is 8.01. The molecule has 2 N–H and O–H groups in total. The number of hydroxylamine groups is 1. The Morgan fingerprint density at radius 1 is 1.18 bits per heavy atom. The van der Waals surface area contributed by atoms with Crippen LogP contribution in [0.2, 0.25) is 0 Å². The number of aromatic nitrogens is 2. The third kappa shape index (κ3) is 3.91. The number of benzene rings is 1. The molecule has 1 amide bonds. The van der Waals surface area contributed by atoms with Gasteiger partial charge in [0.2, 0.25) is 5.91 Å². The summed E-state index contributed by atoms with van der Waals surface area (Å²) in [6.07, 6.45) is 3.53. The van der Waals surface area contributed by atoms with E-state index in [0.29, 0.717) is 25.3 Å². The summed E-state index contributed by atoms with van der Waals surface area (Å²) in [7, 11) is 0. The van der Waals surface area contributed by atoms with Gasteiger partial charge in [-0.3, -0.25) is 20.0 Å². The van der Waals surface area contributed by atoms with Crippen molar-refractivity contribution in [3.63, 3.8) is 0 Å². The fraction of sp³-hybridized carbons (Fsp3) is 0.200.